The number of rotatable bonds is 5. The molecule has 4 fully saturated rings. The Morgan fingerprint density at radius 3 is 2.85 bits per heavy atom. The summed E-state index contributed by atoms with van der Waals surface area (Å²) in [5, 5.41) is 28.1. The maximum absolute atomic E-state index is 12.5. The Morgan fingerprint density at radius 2 is 2.18 bits per heavy atom. The van der Waals surface area contributed by atoms with Gasteiger partial charge in [0.25, 0.3) is 0 Å². The van der Waals surface area contributed by atoms with Crippen molar-refractivity contribution in [3.63, 3.8) is 0 Å². The van der Waals surface area contributed by atoms with Gasteiger partial charge in [-0.1, -0.05) is 11.6 Å². The maximum Gasteiger partial charge on any atom is 0.229 e. The van der Waals surface area contributed by atoms with Crippen LogP contribution in [0.2, 0.25) is 4.34 Å². The molecule has 0 aliphatic heterocycles. The minimum Gasteiger partial charge on any atom is -0.389 e. The van der Waals surface area contributed by atoms with E-state index in [4.69, 9.17) is 11.6 Å². The molecule has 174 valence electrons. The molecule has 0 bridgehead atoms. The van der Waals surface area contributed by atoms with Gasteiger partial charge in [0.2, 0.25) is 11.7 Å². The number of halogens is 1. The van der Waals surface area contributed by atoms with E-state index in [9.17, 15) is 15.0 Å². The molecule has 4 aliphatic carbocycles. The molecule has 3 heterocycles. The molecule has 6 atom stereocenters. The zero-order valence-electron chi connectivity index (χ0n) is 18.1. The van der Waals surface area contributed by atoms with Crippen LogP contribution in [0.4, 0.5) is 5.82 Å². The van der Waals surface area contributed by atoms with Crippen LogP contribution in [0, 0.1) is 35.0 Å². The van der Waals surface area contributed by atoms with Gasteiger partial charge < -0.3 is 25.4 Å². The molecule has 0 radical (unpaired) electrons. The summed E-state index contributed by atoms with van der Waals surface area (Å²) in [4.78, 5) is 27.2. The highest BCUT2D eigenvalue weighted by atomic mass is 35.5. The van der Waals surface area contributed by atoms with Crippen molar-refractivity contribution >= 4 is 45.8 Å². The number of nitrogens with zero attached hydrogens (tertiary/aromatic N) is 4. The molecule has 4 N–H and O–H groups in total. The fraction of sp³-hybridized carbons (Fsp3) is 0.478. The fourth-order valence-corrected chi connectivity index (χ4v) is 7.16. The van der Waals surface area contributed by atoms with E-state index in [1.807, 2.05) is 6.07 Å². The van der Waals surface area contributed by atoms with Gasteiger partial charge in [-0.05, 0) is 42.7 Å². The number of imidazole rings is 1. The number of fused-ring (bicyclic) bond motifs is 2. The van der Waals surface area contributed by atoms with Crippen molar-refractivity contribution in [2.75, 3.05) is 18.9 Å². The molecule has 0 aromatic carbocycles. The Balaban J connectivity index is 1.30. The molecule has 0 spiro atoms. The van der Waals surface area contributed by atoms with Crippen LogP contribution < -0.4 is 10.6 Å². The van der Waals surface area contributed by atoms with Crippen molar-refractivity contribution in [2.45, 2.75) is 30.6 Å². The number of thiophene rings is 1. The van der Waals surface area contributed by atoms with Crippen molar-refractivity contribution in [1.82, 2.24) is 24.8 Å². The van der Waals surface area contributed by atoms with Gasteiger partial charge in [-0.15, -0.1) is 11.3 Å². The van der Waals surface area contributed by atoms with E-state index in [0.29, 0.717) is 33.1 Å². The Bertz CT molecular complexity index is 1440. The second kappa shape index (κ2) is 6.70. The summed E-state index contributed by atoms with van der Waals surface area (Å²) in [7, 11) is 1.55. The molecular weight excluding hydrogens is 476 g/mol. The Labute approximate surface area is 203 Å². The van der Waals surface area contributed by atoms with Crippen LogP contribution in [0.25, 0.3) is 11.2 Å². The number of hydrogen-bond donors (Lipinski definition) is 4. The predicted octanol–water partition coefficient (Wildman–Crippen LogP) is 1.40. The minimum absolute atomic E-state index is 0.162. The van der Waals surface area contributed by atoms with Crippen LogP contribution in [0.15, 0.2) is 18.5 Å². The fourth-order valence-electron chi connectivity index (χ4n) is 6.26. The molecule has 2 unspecified atom stereocenters. The summed E-state index contributed by atoms with van der Waals surface area (Å²) in [5.41, 5.74) is -1.18. The van der Waals surface area contributed by atoms with Gasteiger partial charge in [-0.2, -0.15) is 0 Å². The number of aromatic nitrogens is 4. The second-order valence-corrected chi connectivity index (χ2v) is 11.4. The molecule has 3 aromatic rings. The second-order valence-electron chi connectivity index (χ2n) is 9.65. The van der Waals surface area contributed by atoms with Gasteiger partial charge in [0, 0.05) is 25.4 Å². The zero-order chi connectivity index (χ0) is 23.4. The first kappa shape index (κ1) is 20.6. The summed E-state index contributed by atoms with van der Waals surface area (Å²) in [6.45, 7) is 0.795. The number of hydrogen-bond acceptors (Lipinski definition) is 8. The highest BCUT2D eigenvalue weighted by Gasteiger charge is 3.02. The van der Waals surface area contributed by atoms with Gasteiger partial charge in [0.05, 0.1) is 27.0 Å². The van der Waals surface area contributed by atoms with Gasteiger partial charge in [0.15, 0.2) is 17.0 Å². The smallest absolute Gasteiger partial charge is 0.229 e. The van der Waals surface area contributed by atoms with Crippen LogP contribution in [0.3, 0.4) is 0 Å². The molecule has 9 nitrogen and oxygen atoms in total. The Kier molecular flexibility index (Phi) is 4.07. The van der Waals surface area contributed by atoms with E-state index in [1.165, 1.54) is 24.2 Å². The highest BCUT2D eigenvalue weighted by Crippen LogP contribution is 2.91. The van der Waals surface area contributed by atoms with Crippen molar-refractivity contribution in [1.29, 1.82) is 0 Å². The monoisotopic (exact) mass is 496 g/mol. The van der Waals surface area contributed by atoms with E-state index in [0.717, 1.165) is 11.4 Å². The number of carbonyl (C=O) groups excluding carboxylic acids is 1. The number of anilines is 1. The third kappa shape index (κ3) is 2.43. The third-order valence-corrected chi connectivity index (χ3v) is 9.13. The van der Waals surface area contributed by atoms with E-state index in [-0.39, 0.29) is 17.7 Å². The van der Waals surface area contributed by atoms with Crippen LogP contribution in [-0.4, -0.2) is 60.9 Å². The Hall–Kier alpha value is -2.71. The number of aliphatic hydroxyl groups excluding tert-OH is 1. The predicted molar refractivity (Wildman–Crippen MR) is 125 cm³/mol. The molecular formula is C23H21ClN6O3S. The molecule has 34 heavy (non-hydrogen) atoms. The Morgan fingerprint density at radius 1 is 1.35 bits per heavy atom. The van der Waals surface area contributed by atoms with Crippen LogP contribution in [0.1, 0.15) is 29.6 Å². The van der Waals surface area contributed by atoms with Crippen LogP contribution in [-0.2, 0) is 4.79 Å². The minimum atomic E-state index is -1.36. The topological polar surface area (TPSA) is 125 Å². The summed E-state index contributed by atoms with van der Waals surface area (Å²) >= 11 is 7.39. The molecule has 11 heteroatoms. The summed E-state index contributed by atoms with van der Waals surface area (Å²) < 4.78 is 2.44. The van der Waals surface area contributed by atoms with Crippen LogP contribution in [0.5, 0.6) is 0 Å². The lowest BCUT2D eigenvalue weighted by Crippen LogP contribution is -2.67. The van der Waals surface area contributed by atoms with Crippen molar-refractivity contribution in [3.05, 3.63) is 33.5 Å². The standard InChI is InChI=1S/C23H21ClN6O3S/c1-25-21(32)22-14-16(22)23(33,20(22)31)17(14)30-9-27-15-18(26-8-10-2-3-10)28-13(29-19(15)30)7-5-11-4-6-12(24)34-11/h4,6,9-10,14,16-17,20,31,33H,2-3,8H2,1H3,(H,25,32)(H,26,28,29)/t14?,16-,17+,20+,22?,23+/m0/s1. The van der Waals surface area contributed by atoms with E-state index >= 15 is 0 Å². The molecule has 7 rings (SSSR count). The van der Waals surface area contributed by atoms with E-state index in [2.05, 4.69) is 37.4 Å². The molecule has 0 saturated heterocycles. The van der Waals surface area contributed by atoms with Crippen molar-refractivity contribution in [2.24, 2.45) is 23.2 Å². The molecule has 3 aromatic heterocycles. The average Bonchev–Trinajstić information content (AvgIpc) is 3.63. The number of amides is 1. The first-order chi connectivity index (χ1) is 16.4. The quantitative estimate of drug-likeness (QED) is 0.393. The van der Waals surface area contributed by atoms with Gasteiger partial charge >= 0.3 is 0 Å². The largest absolute Gasteiger partial charge is 0.389 e. The highest BCUT2D eigenvalue weighted by molar-refractivity contribution is 7.16. The lowest BCUT2D eigenvalue weighted by molar-refractivity contribution is -0.216. The average molecular weight is 497 g/mol. The third-order valence-electron chi connectivity index (χ3n) is 7.99. The first-order valence-electron chi connectivity index (χ1n) is 11.3. The summed E-state index contributed by atoms with van der Waals surface area (Å²) in [6, 6.07) is 3.15. The SMILES string of the molecule is CNC(=O)C12C3[C@@H](n4cnc5c(NCC6CC6)nc(C#Cc6ccc(Cl)s6)nc54)[C@@](O)([C@@H]1O)[C@@H]32. The van der Waals surface area contributed by atoms with Gasteiger partial charge in [-0.25, -0.2) is 15.0 Å². The van der Waals surface area contributed by atoms with Gasteiger partial charge in [-0.3, -0.25) is 4.79 Å². The van der Waals surface area contributed by atoms with E-state index in [1.54, 1.807) is 24.0 Å². The van der Waals surface area contributed by atoms with Gasteiger partial charge in [0.1, 0.15) is 11.7 Å². The summed E-state index contributed by atoms with van der Waals surface area (Å²) in [6.07, 6.45) is 2.89. The lowest BCUT2D eigenvalue weighted by Gasteiger charge is -2.51. The maximum atomic E-state index is 12.5. The molecule has 4 saturated carbocycles. The van der Waals surface area contributed by atoms with E-state index < -0.39 is 23.2 Å². The number of carbonyl (C=O) groups is 1. The first-order valence-corrected chi connectivity index (χ1v) is 12.5. The molecule has 4 aliphatic rings. The van der Waals surface area contributed by atoms with Crippen LogP contribution >= 0.6 is 22.9 Å². The summed E-state index contributed by atoms with van der Waals surface area (Å²) in [5.74, 6) is 6.99. The lowest BCUT2D eigenvalue weighted by atomic mass is 9.63. The number of aliphatic hydroxyl groups is 2. The van der Waals surface area contributed by atoms with Crippen molar-refractivity contribution < 1.29 is 15.0 Å². The molecule has 1 amide bonds. The normalized spacial score (nSPS) is 34.4. The number of nitrogens with one attached hydrogen (secondary N) is 2. The van der Waals surface area contributed by atoms with Crippen molar-refractivity contribution in [3.8, 4) is 11.8 Å². The zero-order valence-corrected chi connectivity index (χ0v) is 19.7.